The van der Waals surface area contributed by atoms with Gasteiger partial charge in [0.1, 0.15) is 48.8 Å². The quantitative estimate of drug-likeness (QED) is 0.243. The third kappa shape index (κ3) is 3.65. The van der Waals surface area contributed by atoms with Gasteiger partial charge in [-0.3, -0.25) is 0 Å². The number of aliphatic hydroxyl groups excluding tert-OH is 8. The molecule has 2 aliphatic rings. The highest BCUT2D eigenvalue weighted by Crippen LogP contribution is 2.28. The lowest BCUT2D eigenvalue weighted by Crippen LogP contribution is -2.64. The summed E-state index contributed by atoms with van der Waals surface area (Å²) >= 11 is 0. The van der Waals surface area contributed by atoms with Crippen LogP contribution in [0.5, 0.6) is 0 Å². The van der Waals surface area contributed by atoms with Gasteiger partial charge in [0.15, 0.2) is 12.6 Å². The smallest absolute Gasteiger partial charge is 0.187 e. The molecule has 11 heteroatoms. The Kier molecular flexibility index (Phi) is 6.27. The molecule has 23 heavy (non-hydrogen) atoms. The molecule has 0 spiro atoms. The van der Waals surface area contributed by atoms with Gasteiger partial charge in [0, 0.05) is 0 Å². The summed E-state index contributed by atoms with van der Waals surface area (Å²) in [5.41, 5.74) is 0. The van der Waals surface area contributed by atoms with Crippen LogP contribution in [-0.2, 0) is 14.2 Å². The Balaban J connectivity index is 2.11. The summed E-state index contributed by atoms with van der Waals surface area (Å²) in [6.45, 7) is -1.35. The third-order valence-corrected chi connectivity index (χ3v) is 3.98. The van der Waals surface area contributed by atoms with Gasteiger partial charge >= 0.3 is 0 Å². The summed E-state index contributed by atoms with van der Waals surface area (Å²) in [7, 11) is 0. The number of hydrogen-bond acceptors (Lipinski definition) is 11. The highest BCUT2D eigenvalue weighted by molar-refractivity contribution is 4.93. The highest BCUT2D eigenvalue weighted by Gasteiger charge is 2.50. The molecule has 2 rings (SSSR count). The van der Waals surface area contributed by atoms with E-state index in [9.17, 15) is 35.7 Å². The first-order chi connectivity index (χ1) is 10.8. The van der Waals surface area contributed by atoms with E-state index in [-0.39, 0.29) is 0 Å². The average Bonchev–Trinajstić information content (AvgIpc) is 2.55. The van der Waals surface area contributed by atoms with Crippen LogP contribution in [0.25, 0.3) is 0 Å². The average molecular weight is 342 g/mol. The van der Waals surface area contributed by atoms with E-state index in [4.69, 9.17) is 19.3 Å². The zero-order chi connectivity index (χ0) is 17.3. The van der Waals surface area contributed by atoms with Crippen LogP contribution < -0.4 is 0 Å². The van der Waals surface area contributed by atoms with E-state index in [1.165, 1.54) is 0 Å². The molecule has 136 valence electrons. The third-order valence-electron chi connectivity index (χ3n) is 3.98. The highest BCUT2D eigenvalue weighted by atomic mass is 16.7. The van der Waals surface area contributed by atoms with Crippen molar-refractivity contribution in [3.63, 3.8) is 0 Å². The lowest BCUT2D eigenvalue weighted by molar-refractivity contribution is -0.355. The Bertz CT molecular complexity index is 378. The Morgan fingerprint density at radius 1 is 0.652 bits per heavy atom. The normalized spacial score (nSPS) is 51.7. The van der Waals surface area contributed by atoms with Gasteiger partial charge in [-0.2, -0.15) is 0 Å². The first kappa shape index (κ1) is 18.9. The molecule has 2 heterocycles. The van der Waals surface area contributed by atoms with E-state index in [1.54, 1.807) is 0 Å². The second kappa shape index (κ2) is 7.63. The molecule has 2 aliphatic heterocycles. The van der Waals surface area contributed by atoms with E-state index in [2.05, 4.69) is 0 Å². The molecule has 0 aromatic rings. The maximum absolute atomic E-state index is 9.94. The molecule has 8 N–H and O–H groups in total. The number of ether oxygens (including phenoxy) is 3. The molecule has 0 amide bonds. The maximum atomic E-state index is 9.94. The van der Waals surface area contributed by atoms with Crippen molar-refractivity contribution in [1.29, 1.82) is 0 Å². The van der Waals surface area contributed by atoms with E-state index < -0.39 is 74.6 Å². The van der Waals surface area contributed by atoms with Gasteiger partial charge in [-0.05, 0) is 0 Å². The Labute approximate surface area is 130 Å². The maximum Gasteiger partial charge on any atom is 0.187 e. The number of aliphatic hydroxyl groups is 8. The van der Waals surface area contributed by atoms with Crippen molar-refractivity contribution >= 4 is 0 Å². The van der Waals surface area contributed by atoms with Crippen LogP contribution in [0.4, 0.5) is 0 Å². The van der Waals surface area contributed by atoms with Gasteiger partial charge in [-0.15, -0.1) is 0 Å². The van der Waals surface area contributed by atoms with Crippen LogP contribution in [0.1, 0.15) is 0 Å². The van der Waals surface area contributed by atoms with Gasteiger partial charge in [0.05, 0.1) is 13.2 Å². The van der Waals surface area contributed by atoms with Crippen LogP contribution in [-0.4, -0.2) is 115 Å². The summed E-state index contributed by atoms with van der Waals surface area (Å²) in [5, 5.41) is 76.5. The number of hydrogen-bond donors (Lipinski definition) is 8. The molecule has 2 saturated heterocycles. The van der Waals surface area contributed by atoms with E-state index in [0.717, 1.165) is 0 Å². The fourth-order valence-electron chi connectivity index (χ4n) is 2.57. The van der Waals surface area contributed by atoms with Gasteiger partial charge in [-0.1, -0.05) is 0 Å². The molecule has 2 fully saturated rings. The van der Waals surface area contributed by atoms with Crippen LogP contribution in [0, 0.1) is 0 Å². The lowest BCUT2D eigenvalue weighted by Gasteiger charge is -2.45. The molecule has 0 bridgehead atoms. The second-order valence-corrected chi connectivity index (χ2v) is 5.53. The van der Waals surface area contributed by atoms with Crippen LogP contribution in [0.3, 0.4) is 0 Å². The summed E-state index contributed by atoms with van der Waals surface area (Å²) in [4.78, 5) is 0. The lowest BCUT2D eigenvalue weighted by atomic mass is 9.97. The Hall–Kier alpha value is -0.440. The minimum absolute atomic E-state index is 0.667. The van der Waals surface area contributed by atoms with Crippen molar-refractivity contribution in [2.45, 2.75) is 61.4 Å². The van der Waals surface area contributed by atoms with Crippen molar-refractivity contribution in [1.82, 2.24) is 0 Å². The SMILES string of the molecule is OC[C@H]1O[C@H](O[C@@H]2[C@H](O)[C@H](O)[C@H](O)O[C@@H]2CO)[C@@H](O)[C@@H](O)[C@H]1O. The van der Waals surface area contributed by atoms with Crippen molar-refractivity contribution in [3.8, 4) is 0 Å². The van der Waals surface area contributed by atoms with E-state index >= 15 is 0 Å². The summed E-state index contributed by atoms with van der Waals surface area (Å²) in [5.74, 6) is 0. The zero-order valence-corrected chi connectivity index (χ0v) is 12.0. The Morgan fingerprint density at radius 3 is 1.83 bits per heavy atom. The first-order valence-electron chi connectivity index (χ1n) is 7.08. The molecule has 11 nitrogen and oxygen atoms in total. The fraction of sp³-hybridized carbons (Fsp3) is 1.00. The molecule has 0 unspecified atom stereocenters. The molecule has 0 radical (unpaired) electrons. The van der Waals surface area contributed by atoms with Crippen molar-refractivity contribution in [2.75, 3.05) is 13.2 Å². The molecule has 10 atom stereocenters. The van der Waals surface area contributed by atoms with Gasteiger partial charge in [-0.25, -0.2) is 0 Å². The van der Waals surface area contributed by atoms with E-state index in [1.807, 2.05) is 0 Å². The minimum atomic E-state index is -1.74. The predicted octanol–water partition coefficient (Wildman–Crippen LogP) is -5.40. The molecular weight excluding hydrogens is 320 g/mol. The zero-order valence-electron chi connectivity index (χ0n) is 12.0. The summed E-state index contributed by atoms with van der Waals surface area (Å²) in [6, 6.07) is 0. The van der Waals surface area contributed by atoms with Crippen molar-refractivity contribution < 1.29 is 55.1 Å². The Morgan fingerprint density at radius 2 is 1.26 bits per heavy atom. The first-order valence-corrected chi connectivity index (χ1v) is 7.08. The summed E-state index contributed by atoms with van der Waals surface area (Å²) < 4.78 is 15.3. The molecule has 0 aliphatic carbocycles. The van der Waals surface area contributed by atoms with E-state index in [0.29, 0.717) is 0 Å². The summed E-state index contributed by atoms with van der Waals surface area (Å²) in [6.07, 6.45) is -15.6. The molecule has 0 saturated carbocycles. The van der Waals surface area contributed by atoms with Crippen molar-refractivity contribution in [3.05, 3.63) is 0 Å². The van der Waals surface area contributed by atoms with Crippen LogP contribution in [0.15, 0.2) is 0 Å². The van der Waals surface area contributed by atoms with Crippen LogP contribution >= 0.6 is 0 Å². The van der Waals surface area contributed by atoms with Gasteiger partial charge in [0.25, 0.3) is 0 Å². The molecule has 0 aromatic heterocycles. The van der Waals surface area contributed by atoms with Crippen molar-refractivity contribution in [2.24, 2.45) is 0 Å². The minimum Gasteiger partial charge on any atom is -0.394 e. The number of rotatable bonds is 4. The second-order valence-electron chi connectivity index (χ2n) is 5.53. The van der Waals surface area contributed by atoms with Gasteiger partial charge < -0.3 is 55.1 Å². The fourth-order valence-corrected chi connectivity index (χ4v) is 2.57. The topological polar surface area (TPSA) is 190 Å². The standard InChI is InChI=1S/C12H22O11/c13-1-3-5(15)6(16)9(19)12(22-3)23-10-4(2-14)21-11(20)8(18)7(10)17/h3-20H,1-2H2/t3-,4-,5+,6+,7-,8+,9+,10+,11-,12-/m1/s1. The predicted molar refractivity (Wildman–Crippen MR) is 68.6 cm³/mol. The molecular formula is C12H22O11. The van der Waals surface area contributed by atoms with Crippen LogP contribution in [0.2, 0.25) is 0 Å². The monoisotopic (exact) mass is 342 g/mol. The largest absolute Gasteiger partial charge is 0.394 e. The molecule has 0 aromatic carbocycles. The van der Waals surface area contributed by atoms with Gasteiger partial charge in [0.2, 0.25) is 0 Å².